The molecule has 1 saturated heterocycles. The molecular formula is C20H16Cl2N4O4S. The van der Waals surface area contributed by atoms with Crippen LogP contribution in [0.5, 0.6) is 0 Å². The largest absolute Gasteiger partial charge is 0.459 e. The summed E-state index contributed by atoms with van der Waals surface area (Å²) >= 11 is 13.0. The first-order chi connectivity index (χ1) is 14.9. The van der Waals surface area contributed by atoms with Crippen molar-refractivity contribution in [3.63, 3.8) is 0 Å². The Labute approximate surface area is 191 Å². The number of furan rings is 1. The van der Waals surface area contributed by atoms with E-state index in [1.165, 1.54) is 18.4 Å². The molecule has 1 aliphatic rings. The van der Waals surface area contributed by atoms with E-state index < -0.39 is 5.91 Å². The maximum Gasteiger partial charge on any atom is 0.289 e. The molecule has 3 aromatic rings. The molecule has 4 rings (SSSR count). The van der Waals surface area contributed by atoms with Crippen LogP contribution in [0.1, 0.15) is 31.4 Å². The van der Waals surface area contributed by atoms with Crippen LogP contribution in [-0.2, 0) is 0 Å². The number of benzene rings is 1. The van der Waals surface area contributed by atoms with Gasteiger partial charge >= 0.3 is 0 Å². The maximum absolute atomic E-state index is 12.8. The Morgan fingerprint density at radius 3 is 2.39 bits per heavy atom. The maximum atomic E-state index is 12.8. The zero-order chi connectivity index (χ0) is 22.0. The number of piperazine rings is 1. The number of aromatic nitrogens is 1. The Bertz CT molecular complexity index is 1120. The van der Waals surface area contributed by atoms with E-state index >= 15 is 0 Å². The van der Waals surface area contributed by atoms with Crippen LogP contribution < -0.4 is 5.32 Å². The molecule has 0 atom stereocenters. The van der Waals surface area contributed by atoms with E-state index in [0.29, 0.717) is 31.2 Å². The fraction of sp³-hybridized carbons (Fsp3) is 0.200. The summed E-state index contributed by atoms with van der Waals surface area (Å²) in [7, 11) is 0. The van der Waals surface area contributed by atoms with Crippen LogP contribution in [0.3, 0.4) is 0 Å². The fourth-order valence-electron chi connectivity index (χ4n) is 3.10. The Morgan fingerprint density at radius 2 is 1.74 bits per heavy atom. The molecule has 0 unspecified atom stereocenters. The minimum Gasteiger partial charge on any atom is -0.459 e. The topological polar surface area (TPSA) is 95.8 Å². The van der Waals surface area contributed by atoms with Gasteiger partial charge in [0.1, 0.15) is 5.69 Å². The van der Waals surface area contributed by atoms with Crippen molar-refractivity contribution in [1.29, 1.82) is 0 Å². The second kappa shape index (κ2) is 9.09. The van der Waals surface area contributed by atoms with Crippen molar-refractivity contribution >= 4 is 57.4 Å². The second-order valence-corrected chi connectivity index (χ2v) is 8.38. The summed E-state index contributed by atoms with van der Waals surface area (Å²) in [6, 6.07) is 7.83. The number of hydrogen-bond acceptors (Lipinski definition) is 6. The molecule has 3 amide bonds. The van der Waals surface area contributed by atoms with Gasteiger partial charge in [0.25, 0.3) is 17.7 Å². The SMILES string of the molecule is O=C(Nc1nc(C(=O)N2CCN(C(=O)c3ccco3)CC2)cs1)c1ccc(Cl)cc1Cl. The van der Waals surface area contributed by atoms with Crippen LogP contribution in [0.4, 0.5) is 5.13 Å². The average Bonchev–Trinajstić information content (AvgIpc) is 3.45. The van der Waals surface area contributed by atoms with Crippen LogP contribution in [0, 0.1) is 0 Å². The van der Waals surface area contributed by atoms with E-state index in [4.69, 9.17) is 27.6 Å². The lowest BCUT2D eigenvalue weighted by molar-refractivity contribution is 0.0515. The zero-order valence-electron chi connectivity index (χ0n) is 16.0. The minimum atomic E-state index is -0.444. The first-order valence-corrected chi connectivity index (χ1v) is 10.9. The molecule has 0 aliphatic carbocycles. The summed E-state index contributed by atoms with van der Waals surface area (Å²) in [5.41, 5.74) is 0.486. The molecule has 2 aromatic heterocycles. The predicted octanol–water partition coefficient (Wildman–Crippen LogP) is 3.89. The normalized spacial score (nSPS) is 13.9. The van der Waals surface area contributed by atoms with Gasteiger partial charge in [-0.15, -0.1) is 11.3 Å². The third kappa shape index (κ3) is 4.73. The summed E-state index contributed by atoms with van der Waals surface area (Å²) in [5.74, 6) is -0.622. The molecule has 8 nitrogen and oxygen atoms in total. The van der Waals surface area contributed by atoms with Gasteiger partial charge in [0, 0.05) is 36.6 Å². The number of halogens is 2. The van der Waals surface area contributed by atoms with E-state index in [0.717, 1.165) is 11.3 Å². The Kier molecular flexibility index (Phi) is 6.26. The zero-order valence-corrected chi connectivity index (χ0v) is 18.3. The predicted molar refractivity (Wildman–Crippen MR) is 117 cm³/mol. The number of anilines is 1. The number of hydrogen-bond donors (Lipinski definition) is 1. The van der Waals surface area contributed by atoms with E-state index in [1.807, 2.05) is 0 Å². The summed E-state index contributed by atoms with van der Waals surface area (Å²) in [5, 5.41) is 5.16. The number of amides is 3. The van der Waals surface area contributed by atoms with E-state index in [-0.39, 0.29) is 39.0 Å². The van der Waals surface area contributed by atoms with Gasteiger partial charge in [-0.2, -0.15) is 0 Å². The Hall–Kier alpha value is -2.88. The van der Waals surface area contributed by atoms with Gasteiger partial charge in [0.2, 0.25) is 0 Å². The molecule has 1 aliphatic heterocycles. The molecule has 31 heavy (non-hydrogen) atoms. The summed E-state index contributed by atoms with van der Waals surface area (Å²) in [6.45, 7) is 1.55. The molecule has 1 aromatic carbocycles. The monoisotopic (exact) mass is 478 g/mol. The summed E-state index contributed by atoms with van der Waals surface area (Å²) in [6.07, 6.45) is 1.45. The number of thiazole rings is 1. The van der Waals surface area contributed by atoms with Gasteiger partial charge < -0.3 is 14.2 Å². The van der Waals surface area contributed by atoms with Crippen molar-refractivity contribution < 1.29 is 18.8 Å². The molecule has 0 spiro atoms. The van der Waals surface area contributed by atoms with Crippen LogP contribution in [0.25, 0.3) is 0 Å². The van der Waals surface area contributed by atoms with Gasteiger partial charge in [0.05, 0.1) is 16.8 Å². The number of carbonyl (C=O) groups excluding carboxylic acids is 3. The van der Waals surface area contributed by atoms with Crippen molar-refractivity contribution in [3.05, 3.63) is 69.0 Å². The molecule has 160 valence electrons. The molecule has 0 radical (unpaired) electrons. The molecule has 1 N–H and O–H groups in total. The molecule has 11 heteroatoms. The number of nitrogens with zero attached hydrogens (tertiary/aromatic N) is 3. The first-order valence-electron chi connectivity index (χ1n) is 9.26. The van der Waals surface area contributed by atoms with Gasteiger partial charge in [-0.1, -0.05) is 23.2 Å². The highest BCUT2D eigenvalue weighted by molar-refractivity contribution is 7.14. The van der Waals surface area contributed by atoms with Crippen molar-refractivity contribution in [2.75, 3.05) is 31.5 Å². The summed E-state index contributed by atoms with van der Waals surface area (Å²) < 4.78 is 5.14. The smallest absolute Gasteiger partial charge is 0.289 e. The molecule has 0 saturated carbocycles. The number of rotatable bonds is 4. The molecule has 1 fully saturated rings. The third-order valence-electron chi connectivity index (χ3n) is 4.71. The fourth-order valence-corrected chi connectivity index (χ4v) is 4.27. The highest BCUT2D eigenvalue weighted by atomic mass is 35.5. The standard InChI is InChI=1S/C20H16Cl2N4O4S/c21-12-3-4-13(14(22)10-12)17(27)24-20-23-15(11-31-20)18(28)25-5-7-26(8-6-25)19(29)16-2-1-9-30-16/h1-4,9-11H,5-8H2,(H,23,24,27). The Morgan fingerprint density at radius 1 is 1.03 bits per heavy atom. The van der Waals surface area contributed by atoms with Gasteiger partial charge in [0.15, 0.2) is 10.9 Å². The van der Waals surface area contributed by atoms with E-state index in [9.17, 15) is 14.4 Å². The van der Waals surface area contributed by atoms with Crippen LogP contribution in [0.15, 0.2) is 46.4 Å². The third-order valence-corrected chi connectivity index (χ3v) is 6.01. The first kappa shape index (κ1) is 21.4. The highest BCUT2D eigenvalue weighted by Crippen LogP contribution is 2.23. The lowest BCUT2D eigenvalue weighted by atomic mass is 10.2. The van der Waals surface area contributed by atoms with Gasteiger partial charge in [-0.05, 0) is 30.3 Å². The van der Waals surface area contributed by atoms with Crippen molar-refractivity contribution in [1.82, 2.24) is 14.8 Å². The minimum absolute atomic E-state index is 0.198. The van der Waals surface area contributed by atoms with E-state index in [1.54, 1.807) is 33.4 Å². The van der Waals surface area contributed by atoms with Crippen LogP contribution in [0.2, 0.25) is 10.0 Å². The van der Waals surface area contributed by atoms with Crippen LogP contribution in [-0.4, -0.2) is 58.7 Å². The molecular weight excluding hydrogens is 463 g/mol. The van der Waals surface area contributed by atoms with Gasteiger partial charge in [-0.25, -0.2) is 4.98 Å². The molecule has 0 bridgehead atoms. The highest BCUT2D eigenvalue weighted by Gasteiger charge is 2.27. The average molecular weight is 479 g/mol. The lowest BCUT2D eigenvalue weighted by Gasteiger charge is -2.33. The Balaban J connectivity index is 1.35. The second-order valence-electron chi connectivity index (χ2n) is 6.68. The van der Waals surface area contributed by atoms with Crippen molar-refractivity contribution in [3.8, 4) is 0 Å². The van der Waals surface area contributed by atoms with Crippen molar-refractivity contribution in [2.45, 2.75) is 0 Å². The van der Waals surface area contributed by atoms with Crippen LogP contribution >= 0.6 is 34.5 Å². The quantitative estimate of drug-likeness (QED) is 0.613. The lowest BCUT2D eigenvalue weighted by Crippen LogP contribution is -2.50. The van der Waals surface area contributed by atoms with Gasteiger partial charge in [-0.3, -0.25) is 19.7 Å². The van der Waals surface area contributed by atoms with Crippen molar-refractivity contribution in [2.24, 2.45) is 0 Å². The van der Waals surface area contributed by atoms with E-state index in [2.05, 4.69) is 10.3 Å². The summed E-state index contributed by atoms with van der Waals surface area (Å²) in [4.78, 5) is 45.0. The number of nitrogens with one attached hydrogen (secondary N) is 1. The molecule has 3 heterocycles. The number of carbonyl (C=O) groups is 3.